The van der Waals surface area contributed by atoms with Gasteiger partial charge >= 0.3 is 0 Å². The monoisotopic (exact) mass is 692 g/mol. The molecule has 5 aromatic rings. The third-order valence-electron chi connectivity index (χ3n) is 14.5. The zero-order chi connectivity index (χ0) is 37.0. The number of hydrogen-bond acceptors (Lipinski definition) is 0. The molecule has 4 aliphatic rings. The molecule has 0 saturated carbocycles. The second-order valence-electron chi connectivity index (χ2n) is 19.4. The normalized spacial score (nSPS) is 21.5. The summed E-state index contributed by atoms with van der Waals surface area (Å²) in [5, 5.41) is 0. The SMILES string of the molecule is CC1(C)CCC(C)(C)c2cc3c(cc21)Cc1cc2c(cc1-3)C(C)(C)CC(C(C1=CC(c3ccccc3)=CC1)(c1ccccc1)c1ccccc1)C2(C)C. The van der Waals surface area contributed by atoms with Crippen molar-refractivity contribution in [2.24, 2.45) is 5.92 Å². The lowest BCUT2D eigenvalue weighted by Gasteiger charge is -2.57. The predicted molar refractivity (Wildman–Crippen MR) is 225 cm³/mol. The topological polar surface area (TPSA) is 0 Å². The van der Waals surface area contributed by atoms with Gasteiger partial charge in [-0.2, -0.15) is 0 Å². The van der Waals surface area contributed by atoms with Gasteiger partial charge < -0.3 is 0 Å². The van der Waals surface area contributed by atoms with Gasteiger partial charge in [0.05, 0.1) is 0 Å². The molecule has 5 aromatic carbocycles. The quantitative estimate of drug-likeness (QED) is 0.169. The van der Waals surface area contributed by atoms with E-state index in [1.165, 1.54) is 62.9 Å². The van der Waals surface area contributed by atoms with Crippen LogP contribution in [0.1, 0.15) is 131 Å². The van der Waals surface area contributed by atoms with Crippen molar-refractivity contribution in [3.63, 3.8) is 0 Å². The summed E-state index contributed by atoms with van der Waals surface area (Å²) in [7, 11) is 0. The summed E-state index contributed by atoms with van der Waals surface area (Å²) in [4.78, 5) is 0. The fourth-order valence-electron chi connectivity index (χ4n) is 11.4. The van der Waals surface area contributed by atoms with Crippen molar-refractivity contribution in [2.75, 3.05) is 0 Å². The lowest BCUT2D eigenvalue weighted by atomic mass is 9.46. The van der Waals surface area contributed by atoms with Crippen LogP contribution in [-0.2, 0) is 33.5 Å². The van der Waals surface area contributed by atoms with E-state index in [1.807, 2.05) is 0 Å². The zero-order valence-corrected chi connectivity index (χ0v) is 33.2. The summed E-state index contributed by atoms with van der Waals surface area (Å²) in [6.07, 6.45) is 10.6. The standard InChI is InChI=1S/C53H56/c1-49(2)26-27-50(3,4)45-32-42-37(30-44(45)49)28-38-31-47-46(33-43(38)42)51(5,6)34-48(52(47,7)8)53(39-20-14-10-15-21-39,40-22-16-11-17-23-40)41-25-24-36(29-41)35-18-12-9-13-19-35/h9-24,29-33,48H,25-28,34H2,1-8H3. The van der Waals surface area contributed by atoms with Crippen molar-refractivity contribution in [1.82, 2.24) is 0 Å². The van der Waals surface area contributed by atoms with Crippen LogP contribution in [0.15, 0.2) is 133 Å². The van der Waals surface area contributed by atoms with Crippen LogP contribution in [-0.4, -0.2) is 0 Å². The molecule has 4 aliphatic carbocycles. The van der Waals surface area contributed by atoms with Crippen molar-refractivity contribution in [3.8, 4) is 11.1 Å². The highest BCUT2D eigenvalue weighted by molar-refractivity contribution is 5.81. The van der Waals surface area contributed by atoms with Gasteiger partial charge in [0.25, 0.3) is 0 Å². The molecule has 268 valence electrons. The molecule has 1 unspecified atom stereocenters. The van der Waals surface area contributed by atoms with Gasteiger partial charge in [-0.25, -0.2) is 0 Å². The molecule has 0 radical (unpaired) electrons. The van der Waals surface area contributed by atoms with E-state index in [0.29, 0.717) is 5.92 Å². The van der Waals surface area contributed by atoms with Gasteiger partial charge in [-0.3, -0.25) is 0 Å². The molecule has 0 bridgehead atoms. The molecule has 0 fully saturated rings. The Morgan fingerprint density at radius 2 is 1.00 bits per heavy atom. The van der Waals surface area contributed by atoms with Crippen molar-refractivity contribution >= 4 is 5.57 Å². The molecule has 0 heterocycles. The highest BCUT2D eigenvalue weighted by atomic mass is 14.6. The van der Waals surface area contributed by atoms with Crippen LogP contribution in [0, 0.1) is 5.92 Å². The fraction of sp³-hybridized carbons (Fsp3) is 0.358. The molecule has 9 rings (SSSR count). The Hall–Kier alpha value is -4.42. The van der Waals surface area contributed by atoms with Gasteiger partial charge in [-0.1, -0.05) is 188 Å². The summed E-state index contributed by atoms with van der Waals surface area (Å²) < 4.78 is 0. The van der Waals surface area contributed by atoms with Crippen LogP contribution in [0.4, 0.5) is 0 Å². The third kappa shape index (κ3) is 5.15. The first-order valence-corrected chi connectivity index (χ1v) is 20.2. The van der Waals surface area contributed by atoms with Crippen molar-refractivity contribution in [1.29, 1.82) is 0 Å². The van der Waals surface area contributed by atoms with Crippen LogP contribution in [0.5, 0.6) is 0 Å². The van der Waals surface area contributed by atoms with Gasteiger partial charge in [-0.05, 0) is 126 Å². The molecular formula is C53H56. The summed E-state index contributed by atoms with van der Waals surface area (Å²) >= 11 is 0. The van der Waals surface area contributed by atoms with E-state index in [4.69, 9.17) is 0 Å². The van der Waals surface area contributed by atoms with E-state index in [0.717, 1.165) is 19.3 Å². The van der Waals surface area contributed by atoms with E-state index < -0.39 is 0 Å². The average Bonchev–Trinajstić information content (AvgIpc) is 3.79. The highest BCUT2D eigenvalue weighted by Gasteiger charge is 2.56. The Kier molecular flexibility index (Phi) is 7.64. The van der Waals surface area contributed by atoms with Crippen molar-refractivity contribution in [2.45, 2.75) is 115 Å². The van der Waals surface area contributed by atoms with Crippen LogP contribution in [0.3, 0.4) is 0 Å². The molecule has 0 aliphatic heterocycles. The van der Waals surface area contributed by atoms with E-state index in [9.17, 15) is 0 Å². The molecular weight excluding hydrogens is 637 g/mol. The number of fused-ring (bicyclic) bond motifs is 5. The predicted octanol–water partition coefficient (Wildman–Crippen LogP) is 13.6. The smallest absolute Gasteiger partial charge is 0.0454 e. The molecule has 0 aromatic heterocycles. The van der Waals surface area contributed by atoms with E-state index in [1.54, 1.807) is 22.3 Å². The van der Waals surface area contributed by atoms with Gasteiger partial charge in [0.15, 0.2) is 0 Å². The molecule has 53 heavy (non-hydrogen) atoms. The Balaban J connectivity index is 1.24. The summed E-state index contributed by atoms with van der Waals surface area (Å²) in [5.41, 5.74) is 19.2. The van der Waals surface area contributed by atoms with E-state index >= 15 is 0 Å². The average molecular weight is 693 g/mol. The van der Waals surface area contributed by atoms with Gasteiger partial charge in [0.1, 0.15) is 0 Å². The van der Waals surface area contributed by atoms with Gasteiger partial charge in [0.2, 0.25) is 0 Å². The molecule has 0 spiro atoms. The Bertz CT molecular complexity index is 2250. The van der Waals surface area contributed by atoms with Gasteiger partial charge in [0, 0.05) is 5.41 Å². The Morgan fingerprint density at radius 1 is 0.528 bits per heavy atom. The first-order valence-electron chi connectivity index (χ1n) is 20.2. The van der Waals surface area contributed by atoms with Crippen LogP contribution >= 0.6 is 0 Å². The Morgan fingerprint density at radius 3 is 1.55 bits per heavy atom. The van der Waals surface area contributed by atoms with Crippen LogP contribution < -0.4 is 0 Å². The van der Waals surface area contributed by atoms with Crippen LogP contribution in [0.25, 0.3) is 16.7 Å². The van der Waals surface area contributed by atoms with Crippen LogP contribution in [0.2, 0.25) is 0 Å². The molecule has 0 saturated heterocycles. The maximum absolute atomic E-state index is 2.67. The first-order chi connectivity index (χ1) is 25.2. The minimum atomic E-state index is -0.313. The summed E-state index contributed by atoms with van der Waals surface area (Å²) in [6, 6.07) is 44.6. The van der Waals surface area contributed by atoms with E-state index in [-0.39, 0.29) is 27.1 Å². The summed E-state index contributed by atoms with van der Waals surface area (Å²) in [5.74, 6) is 0.313. The second kappa shape index (κ2) is 11.8. The summed E-state index contributed by atoms with van der Waals surface area (Å²) in [6.45, 7) is 20.1. The number of hydrogen-bond donors (Lipinski definition) is 0. The molecule has 0 heteroatoms. The zero-order valence-electron chi connectivity index (χ0n) is 33.2. The molecule has 0 nitrogen and oxygen atoms in total. The minimum Gasteiger partial charge on any atom is -0.0725 e. The Labute approximate surface area is 319 Å². The maximum atomic E-state index is 2.67. The van der Waals surface area contributed by atoms with Crippen molar-refractivity contribution < 1.29 is 0 Å². The number of rotatable bonds is 5. The maximum Gasteiger partial charge on any atom is 0.0454 e. The lowest BCUT2D eigenvalue weighted by Crippen LogP contribution is -2.53. The highest BCUT2D eigenvalue weighted by Crippen LogP contribution is 2.62. The minimum absolute atomic E-state index is 0.0214. The molecule has 1 atom stereocenters. The first kappa shape index (κ1) is 34.4. The molecule has 0 N–H and O–H groups in total. The van der Waals surface area contributed by atoms with Gasteiger partial charge in [-0.15, -0.1) is 0 Å². The second-order valence-corrected chi connectivity index (χ2v) is 19.4. The lowest BCUT2D eigenvalue weighted by molar-refractivity contribution is 0.154. The molecule has 0 amide bonds. The number of allylic oxidation sites excluding steroid dienone is 4. The van der Waals surface area contributed by atoms with Crippen molar-refractivity contribution in [3.05, 3.63) is 183 Å². The fourth-order valence-corrected chi connectivity index (χ4v) is 11.4. The largest absolute Gasteiger partial charge is 0.0725 e. The number of benzene rings is 5. The third-order valence-corrected chi connectivity index (χ3v) is 14.5. The van der Waals surface area contributed by atoms with E-state index in [2.05, 4.69) is 183 Å².